The Balaban J connectivity index is 1.50. The first-order valence-corrected chi connectivity index (χ1v) is 9.37. The maximum atomic E-state index is 12.5. The van der Waals surface area contributed by atoms with Gasteiger partial charge < -0.3 is 10.1 Å². The fourth-order valence-electron chi connectivity index (χ4n) is 3.05. The Morgan fingerprint density at radius 3 is 2.67 bits per heavy atom. The molecule has 3 rings (SSSR count). The van der Waals surface area contributed by atoms with E-state index in [0.29, 0.717) is 18.7 Å². The van der Waals surface area contributed by atoms with Crippen molar-refractivity contribution in [1.29, 1.82) is 0 Å². The molecule has 140 valence electrons. The van der Waals surface area contributed by atoms with Crippen LogP contribution in [-0.2, 0) is 4.74 Å². The number of pyridine rings is 1. The molecule has 3 aromatic rings. The van der Waals surface area contributed by atoms with Crippen molar-refractivity contribution in [3.05, 3.63) is 77.0 Å². The number of carbonyl (C=O) groups is 1. The van der Waals surface area contributed by atoms with Gasteiger partial charge in [-0.05, 0) is 50.5 Å². The number of nitrogens with one attached hydrogen (secondary N) is 1. The second kappa shape index (κ2) is 8.78. The van der Waals surface area contributed by atoms with Crippen molar-refractivity contribution < 1.29 is 9.53 Å². The summed E-state index contributed by atoms with van der Waals surface area (Å²) in [5, 5.41) is 3.95. The molecule has 4 heteroatoms. The van der Waals surface area contributed by atoms with Crippen LogP contribution in [0.1, 0.15) is 46.6 Å². The van der Waals surface area contributed by atoms with Crippen molar-refractivity contribution in [2.45, 2.75) is 33.3 Å². The first kappa shape index (κ1) is 19.1. The first-order valence-electron chi connectivity index (χ1n) is 9.37. The second-order valence-electron chi connectivity index (χ2n) is 6.85. The van der Waals surface area contributed by atoms with Gasteiger partial charge >= 0.3 is 0 Å². The molecule has 1 aromatic heterocycles. The maximum Gasteiger partial charge on any atom is 0.253 e. The van der Waals surface area contributed by atoms with Crippen molar-refractivity contribution >= 4 is 16.8 Å². The van der Waals surface area contributed by atoms with Gasteiger partial charge in [0.1, 0.15) is 0 Å². The number of amides is 1. The summed E-state index contributed by atoms with van der Waals surface area (Å²) in [6.07, 6.45) is 0.819. The maximum absolute atomic E-state index is 12.5. The number of hydrogen-bond acceptors (Lipinski definition) is 3. The molecule has 2 aromatic carbocycles. The van der Waals surface area contributed by atoms with E-state index >= 15 is 0 Å². The summed E-state index contributed by atoms with van der Waals surface area (Å²) in [6, 6.07) is 18.1. The van der Waals surface area contributed by atoms with Gasteiger partial charge in [0, 0.05) is 18.5 Å². The molecule has 1 atom stereocenters. The van der Waals surface area contributed by atoms with Gasteiger partial charge in [-0.25, -0.2) is 0 Å². The van der Waals surface area contributed by atoms with Crippen LogP contribution < -0.4 is 5.32 Å². The van der Waals surface area contributed by atoms with Gasteiger partial charge in [-0.2, -0.15) is 0 Å². The first-order chi connectivity index (χ1) is 13.0. The lowest BCUT2D eigenvalue weighted by Crippen LogP contribution is -2.26. The van der Waals surface area contributed by atoms with E-state index in [1.807, 2.05) is 63.2 Å². The summed E-state index contributed by atoms with van der Waals surface area (Å²) in [7, 11) is 0. The van der Waals surface area contributed by atoms with Crippen LogP contribution in [0.25, 0.3) is 10.9 Å². The minimum absolute atomic E-state index is 0.0530. The van der Waals surface area contributed by atoms with Gasteiger partial charge in [0.15, 0.2) is 0 Å². The van der Waals surface area contributed by atoms with Crippen LogP contribution in [0.15, 0.2) is 54.6 Å². The number of fused-ring (bicyclic) bond motifs is 1. The zero-order valence-electron chi connectivity index (χ0n) is 16.2. The average Bonchev–Trinajstić information content (AvgIpc) is 2.67. The van der Waals surface area contributed by atoms with Gasteiger partial charge in [-0.1, -0.05) is 42.5 Å². The van der Waals surface area contributed by atoms with Crippen molar-refractivity contribution in [3.8, 4) is 0 Å². The molecule has 0 aliphatic rings. The normalized spacial score (nSPS) is 12.1. The molecule has 0 fully saturated rings. The highest BCUT2D eigenvalue weighted by Crippen LogP contribution is 2.18. The number of rotatable bonds is 7. The molecule has 1 heterocycles. The molecule has 0 saturated carbocycles. The average molecular weight is 362 g/mol. The van der Waals surface area contributed by atoms with Crippen LogP contribution in [0.3, 0.4) is 0 Å². The fraction of sp³-hybridized carbons (Fsp3) is 0.304. The predicted octanol–water partition coefficient (Wildman–Crippen LogP) is 4.75. The smallest absolute Gasteiger partial charge is 0.253 e. The second-order valence-corrected chi connectivity index (χ2v) is 6.85. The predicted molar refractivity (Wildman–Crippen MR) is 109 cm³/mol. The SMILES string of the molecule is Cc1ccc2cc(C(=O)NCCCOC(C)c3ccccc3)c(C)nc2c1. The molecule has 0 aliphatic heterocycles. The number of hydrogen-bond donors (Lipinski definition) is 1. The van der Waals surface area contributed by atoms with Crippen LogP contribution in [0.4, 0.5) is 0 Å². The molecule has 4 nitrogen and oxygen atoms in total. The standard InChI is InChI=1S/C23H26N2O2/c1-16-10-11-20-15-21(17(2)25-22(20)14-16)23(26)24-12-7-13-27-18(3)19-8-5-4-6-9-19/h4-6,8-11,14-15,18H,7,12-13H2,1-3H3,(H,24,26). The summed E-state index contributed by atoms with van der Waals surface area (Å²) in [5.41, 5.74) is 4.63. The molecule has 0 aliphatic carbocycles. The largest absolute Gasteiger partial charge is 0.374 e. The van der Waals surface area contributed by atoms with Crippen LogP contribution in [0, 0.1) is 13.8 Å². The molecular weight excluding hydrogens is 336 g/mol. The number of carbonyl (C=O) groups excluding carboxylic acids is 1. The van der Waals surface area contributed by atoms with Crippen LogP contribution in [-0.4, -0.2) is 24.0 Å². The molecule has 0 radical (unpaired) electrons. The zero-order valence-corrected chi connectivity index (χ0v) is 16.2. The summed E-state index contributed by atoms with van der Waals surface area (Å²) in [5.74, 6) is -0.0846. The Kier molecular flexibility index (Phi) is 6.20. The van der Waals surface area contributed by atoms with Gasteiger partial charge in [0.25, 0.3) is 5.91 Å². The zero-order chi connectivity index (χ0) is 19.2. The molecule has 1 unspecified atom stereocenters. The summed E-state index contributed by atoms with van der Waals surface area (Å²) in [6.45, 7) is 7.13. The molecule has 1 N–H and O–H groups in total. The Labute approximate surface area is 160 Å². The Morgan fingerprint density at radius 2 is 1.89 bits per heavy atom. The van der Waals surface area contributed by atoms with Crippen molar-refractivity contribution in [2.24, 2.45) is 0 Å². The van der Waals surface area contributed by atoms with E-state index in [-0.39, 0.29) is 12.0 Å². The summed E-state index contributed by atoms with van der Waals surface area (Å²) >= 11 is 0. The number of aryl methyl sites for hydroxylation is 2. The monoisotopic (exact) mass is 362 g/mol. The van der Waals surface area contributed by atoms with E-state index in [0.717, 1.165) is 34.1 Å². The third kappa shape index (κ3) is 4.92. The Morgan fingerprint density at radius 1 is 1.11 bits per heavy atom. The minimum atomic E-state index is -0.0846. The molecule has 0 saturated heterocycles. The van der Waals surface area contributed by atoms with Gasteiger partial charge in [-0.15, -0.1) is 0 Å². The number of benzene rings is 2. The van der Waals surface area contributed by atoms with Crippen molar-refractivity contribution in [2.75, 3.05) is 13.2 Å². The Bertz CT molecular complexity index is 922. The minimum Gasteiger partial charge on any atom is -0.374 e. The van der Waals surface area contributed by atoms with E-state index in [2.05, 4.69) is 22.4 Å². The van der Waals surface area contributed by atoms with E-state index in [1.54, 1.807) is 0 Å². The molecule has 0 bridgehead atoms. The molecule has 27 heavy (non-hydrogen) atoms. The third-order valence-electron chi connectivity index (χ3n) is 4.65. The van der Waals surface area contributed by atoms with Crippen LogP contribution >= 0.6 is 0 Å². The molecule has 1 amide bonds. The van der Waals surface area contributed by atoms with Crippen LogP contribution in [0.5, 0.6) is 0 Å². The highest BCUT2D eigenvalue weighted by Gasteiger charge is 2.11. The number of aromatic nitrogens is 1. The lowest BCUT2D eigenvalue weighted by Gasteiger charge is -2.14. The quantitative estimate of drug-likeness (QED) is 0.617. The lowest BCUT2D eigenvalue weighted by atomic mass is 10.1. The third-order valence-corrected chi connectivity index (χ3v) is 4.65. The van der Waals surface area contributed by atoms with Gasteiger partial charge in [0.05, 0.1) is 22.9 Å². The van der Waals surface area contributed by atoms with E-state index < -0.39 is 0 Å². The number of nitrogens with zero attached hydrogens (tertiary/aromatic N) is 1. The van der Waals surface area contributed by atoms with Gasteiger partial charge in [0.2, 0.25) is 0 Å². The van der Waals surface area contributed by atoms with Crippen molar-refractivity contribution in [1.82, 2.24) is 10.3 Å². The molecular formula is C23H26N2O2. The fourth-order valence-corrected chi connectivity index (χ4v) is 3.05. The summed E-state index contributed by atoms with van der Waals surface area (Å²) in [4.78, 5) is 17.1. The van der Waals surface area contributed by atoms with Crippen LogP contribution in [0.2, 0.25) is 0 Å². The summed E-state index contributed by atoms with van der Waals surface area (Å²) < 4.78 is 5.84. The van der Waals surface area contributed by atoms with Crippen molar-refractivity contribution in [3.63, 3.8) is 0 Å². The Hall–Kier alpha value is -2.72. The highest BCUT2D eigenvalue weighted by atomic mass is 16.5. The highest BCUT2D eigenvalue weighted by molar-refractivity contribution is 5.98. The topological polar surface area (TPSA) is 51.2 Å². The number of ether oxygens (including phenoxy) is 1. The van der Waals surface area contributed by atoms with E-state index in [9.17, 15) is 4.79 Å². The lowest BCUT2D eigenvalue weighted by molar-refractivity contribution is 0.0635. The van der Waals surface area contributed by atoms with E-state index in [4.69, 9.17) is 4.74 Å². The molecule has 0 spiro atoms. The van der Waals surface area contributed by atoms with E-state index in [1.165, 1.54) is 0 Å². The van der Waals surface area contributed by atoms with Gasteiger partial charge in [-0.3, -0.25) is 9.78 Å².